The maximum Gasteiger partial charge on any atom is 0.416 e. The van der Waals surface area contributed by atoms with Crippen LogP contribution in [0.3, 0.4) is 0 Å². The molecule has 0 aliphatic carbocycles. The van der Waals surface area contributed by atoms with Gasteiger partial charge < -0.3 is 4.74 Å². The van der Waals surface area contributed by atoms with E-state index in [0.717, 1.165) is 28.6 Å². The number of halogens is 3. The number of benzene rings is 1. The van der Waals surface area contributed by atoms with Gasteiger partial charge >= 0.3 is 6.18 Å². The van der Waals surface area contributed by atoms with Gasteiger partial charge in [-0.25, -0.2) is 13.4 Å². The molecule has 0 spiro atoms. The molecule has 2 heterocycles. The summed E-state index contributed by atoms with van der Waals surface area (Å²) in [5, 5.41) is 0. The molecule has 5 nitrogen and oxygen atoms in total. The highest BCUT2D eigenvalue weighted by Crippen LogP contribution is 2.31. The summed E-state index contributed by atoms with van der Waals surface area (Å²) in [4.78, 5) is 3.81. The number of hydrogen-bond donors (Lipinski definition) is 0. The summed E-state index contributed by atoms with van der Waals surface area (Å²) in [7, 11) is -3.82. The van der Waals surface area contributed by atoms with Crippen LogP contribution in [0.4, 0.5) is 13.2 Å². The Bertz CT molecular complexity index is 802. The van der Waals surface area contributed by atoms with Gasteiger partial charge in [0.2, 0.25) is 15.9 Å². The summed E-state index contributed by atoms with van der Waals surface area (Å²) in [6, 6.07) is 8.58. The van der Waals surface area contributed by atoms with Crippen LogP contribution in [0.1, 0.15) is 5.56 Å². The van der Waals surface area contributed by atoms with Crippen molar-refractivity contribution in [2.45, 2.75) is 17.2 Å². The van der Waals surface area contributed by atoms with Gasteiger partial charge in [-0.2, -0.15) is 17.5 Å². The summed E-state index contributed by atoms with van der Waals surface area (Å²) in [5.74, 6) is 0.397. The van der Waals surface area contributed by atoms with Crippen LogP contribution in [0.15, 0.2) is 53.6 Å². The molecule has 0 bridgehead atoms. The predicted molar refractivity (Wildman–Crippen MR) is 78.9 cm³/mol. The molecule has 0 unspecified atom stereocenters. The standard InChI is InChI=1S/C15H13F3N2O3S/c16-15(17,18)11-4-6-13(7-5-11)24(21,22)20-9-12(10-20)23-14-3-1-2-8-19-14/h1-8,12H,9-10H2. The van der Waals surface area contributed by atoms with E-state index in [2.05, 4.69) is 4.98 Å². The van der Waals surface area contributed by atoms with Gasteiger partial charge in [0, 0.05) is 12.3 Å². The second-order valence-corrected chi connectivity index (χ2v) is 7.19. The topological polar surface area (TPSA) is 59.5 Å². The number of hydrogen-bond acceptors (Lipinski definition) is 4. The van der Waals surface area contributed by atoms with E-state index in [9.17, 15) is 21.6 Å². The smallest absolute Gasteiger partial charge is 0.416 e. The lowest BCUT2D eigenvalue weighted by molar-refractivity contribution is -0.137. The number of sulfonamides is 1. The van der Waals surface area contributed by atoms with Crippen LogP contribution in [-0.2, 0) is 16.2 Å². The van der Waals surface area contributed by atoms with E-state index in [1.165, 1.54) is 0 Å². The summed E-state index contributed by atoms with van der Waals surface area (Å²) < 4.78 is 68.9. The van der Waals surface area contributed by atoms with Crippen molar-refractivity contribution in [3.05, 3.63) is 54.2 Å². The van der Waals surface area contributed by atoms with E-state index in [0.29, 0.717) is 5.88 Å². The Balaban J connectivity index is 1.65. The fourth-order valence-corrected chi connectivity index (χ4v) is 3.73. The van der Waals surface area contributed by atoms with Gasteiger partial charge in [0.15, 0.2) is 0 Å². The molecule has 0 atom stereocenters. The second kappa shape index (κ2) is 6.06. The van der Waals surface area contributed by atoms with Crippen LogP contribution in [-0.4, -0.2) is 36.9 Å². The van der Waals surface area contributed by atoms with Crippen molar-refractivity contribution in [3.63, 3.8) is 0 Å². The van der Waals surface area contributed by atoms with Crippen LogP contribution in [0.25, 0.3) is 0 Å². The third-order valence-electron chi connectivity index (χ3n) is 3.56. The van der Waals surface area contributed by atoms with Crippen molar-refractivity contribution in [1.82, 2.24) is 9.29 Å². The number of aromatic nitrogens is 1. The Morgan fingerprint density at radius 2 is 1.75 bits per heavy atom. The van der Waals surface area contributed by atoms with Crippen molar-refractivity contribution in [1.29, 1.82) is 0 Å². The highest BCUT2D eigenvalue weighted by Gasteiger charge is 2.39. The molecule has 9 heteroatoms. The fourth-order valence-electron chi connectivity index (χ4n) is 2.22. The average molecular weight is 358 g/mol. The molecule has 1 aliphatic rings. The third-order valence-corrected chi connectivity index (χ3v) is 5.40. The molecule has 1 aromatic heterocycles. The highest BCUT2D eigenvalue weighted by molar-refractivity contribution is 7.89. The van der Waals surface area contributed by atoms with Gasteiger partial charge in [-0.3, -0.25) is 0 Å². The minimum absolute atomic E-state index is 0.125. The van der Waals surface area contributed by atoms with E-state index < -0.39 is 21.8 Å². The van der Waals surface area contributed by atoms with E-state index >= 15 is 0 Å². The SMILES string of the molecule is O=S(=O)(c1ccc(C(F)(F)F)cc1)N1CC(Oc2ccccn2)C1. The Labute approximate surface area is 136 Å². The van der Waals surface area contributed by atoms with Crippen molar-refractivity contribution in [2.24, 2.45) is 0 Å². The van der Waals surface area contributed by atoms with Gasteiger partial charge in [-0.05, 0) is 30.3 Å². The molecule has 24 heavy (non-hydrogen) atoms. The zero-order valence-corrected chi connectivity index (χ0v) is 13.1. The second-order valence-electron chi connectivity index (χ2n) is 5.25. The van der Waals surface area contributed by atoms with Gasteiger partial charge in [0.05, 0.1) is 23.5 Å². The van der Waals surface area contributed by atoms with E-state index in [1.807, 2.05) is 0 Å². The van der Waals surface area contributed by atoms with Crippen LogP contribution in [0, 0.1) is 0 Å². The first kappa shape index (κ1) is 16.7. The molecule has 0 N–H and O–H groups in total. The maximum absolute atomic E-state index is 12.5. The predicted octanol–water partition coefficient (Wildman–Crippen LogP) is 2.55. The molecule has 128 valence electrons. The van der Waals surface area contributed by atoms with E-state index in [1.54, 1.807) is 24.4 Å². The molecular formula is C15H13F3N2O3S. The minimum atomic E-state index is -4.50. The van der Waals surface area contributed by atoms with Crippen molar-refractivity contribution in [3.8, 4) is 5.88 Å². The highest BCUT2D eigenvalue weighted by atomic mass is 32.2. The first-order valence-corrected chi connectivity index (χ1v) is 8.46. The largest absolute Gasteiger partial charge is 0.472 e. The van der Waals surface area contributed by atoms with Crippen molar-refractivity contribution in [2.75, 3.05) is 13.1 Å². The van der Waals surface area contributed by atoms with Crippen LogP contribution in [0.2, 0.25) is 0 Å². The third kappa shape index (κ3) is 3.36. The molecule has 1 aromatic carbocycles. The Hall–Kier alpha value is -2.13. The molecule has 0 radical (unpaired) electrons. The zero-order valence-electron chi connectivity index (χ0n) is 12.3. The summed E-state index contributed by atoms with van der Waals surface area (Å²) in [6.07, 6.45) is -3.27. The molecule has 0 amide bonds. The van der Waals surface area contributed by atoms with Gasteiger partial charge in [0.1, 0.15) is 6.10 Å². The number of pyridine rings is 1. The Morgan fingerprint density at radius 1 is 1.08 bits per heavy atom. The minimum Gasteiger partial charge on any atom is -0.472 e. The first-order chi connectivity index (χ1) is 11.3. The molecule has 1 aliphatic heterocycles. The fraction of sp³-hybridized carbons (Fsp3) is 0.267. The first-order valence-electron chi connectivity index (χ1n) is 7.02. The lowest BCUT2D eigenvalue weighted by Gasteiger charge is -2.37. The molecule has 3 rings (SSSR count). The summed E-state index contributed by atoms with van der Waals surface area (Å²) in [6.45, 7) is 0.250. The van der Waals surface area contributed by atoms with Crippen LogP contribution >= 0.6 is 0 Å². The summed E-state index contributed by atoms with van der Waals surface area (Å²) in [5.41, 5.74) is -0.888. The zero-order chi connectivity index (χ0) is 17.4. The molecule has 1 fully saturated rings. The van der Waals surface area contributed by atoms with Gasteiger partial charge in [0.25, 0.3) is 0 Å². The van der Waals surface area contributed by atoms with Crippen molar-refractivity contribution < 1.29 is 26.3 Å². The normalized spacial score (nSPS) is 16.6. The van der Waals surface area contributed by atoms with Gasteiger partial charge in [-0.15, -0.1) is 0 Å². The number of nitrogens with zero attached hydrogens (tertiary/aromatic N) is 2. The molecular weight excluding hydrogens is 345 g/mol. The Morgan fingerprint density at radius 3 is 2.29 bits per heavy atom. The van der Waals surface area contributed by atoms with E-state index in [-0.39, 0.29) is 24.1 Å². The monoisotopic (exact) mass is 358 g/mol. The molecule has 2 aromatic rings. The maximum atomic E-state index is 12.5. The lowest BCUT2D eigenvalue weighted by Crippen LogP contribution is -2.56. The quantitative estimate of drug-likeness (QED) is 0.843. The van der Waals surface area contributed by atoms with Gasteiger partial charge in [-0.1, -0.05) is 6.07 Å². The molecule has 0 saturated carbocycles. The number of ether oxygens (including phenoxy) is 1. The average Bonchev–Trinajstić information content (AvgIpc) is 2.50. The van der Waals surface area contributed by atoms with Crippen LogP contribution in [0.5, 0.6) is 5.88 Å². The van der Waals surface area contributed by atoms with E-state index in [4.69, 9.17) is 4.74 Å². The Kier molecular flexibility index (Phi) is 4.22. The molecule has 1 saturated heterocycles. The number of alkyl halides is 3. The summed E-state index contributed by atoms with van der Waals surface area (Å²) >= 11 is 0. The lowest BCUT2D eigenvalue weighted by atomic mass is 10.2. The van der Waals surface area contributed by atoms with Crippen molar-refractivity contribution >= 4 is 10.0 Å². The van der Waals surface area contributed by atoms with Crippen LogP contribution < -0.4 is 4.74 Å². The number of rotatable bonds is 4.